The standard InChI is InChI=1S/C17H16N2O4S2/c1-2-23-17(20)15-16(13-8-3-4-9-14(13)24-15)25(21,22)19-11-12-7-5-6-10-18-12/h3-10,19H,2,11H2,1H3. The molecule has 0 saturated heterocycles. The van der Waals surface area contributed by atoms with Crippen molar-refractivity contribution in [3.63, 3.8) is 0 Å². The van der Waals surface area contributed by atoms with Crippen LogP contribution in [0.1, 0.15) is 22.3 Å². The molecule has 6 nitrogen and oxygen atoms in total. The number of aromatic nitrogens is 1. The topological polar surface area (TPSA) is 85.4 Å². The van der Waals surface area contributed by atoms with Gasteiger partial charge in [-0.05, 0) is 25.1 Å². The van der Waals surface area contributed by atoms with Crippen LogP contribution in [-0.4, -0.2) is 26.0 Å². The summed E-state index contributed by atoms with van der Waals surface area (Å²) in [6, 6.07) is 12.3. The molecule has 8 heteroatoms. The Bertz CT molecular complexity index is 998. The monoisotopic (exact) mass is 376 g/mol. The van der Waals surface area contributed by atoms with Crippen LogP contribution in [-0.2, 0) is 21.3 Å². The maximum Gasteiger partial charge on any atom is 0.349 e. The number of esters is 1. The largest absolute Gasteiger partial charge is 0.462 e. The van der Waals surface area contributed by atoms with Crippen molar-refractivity contribution in [1.29, 1.82) is 0 Å². The van der Waals surface area contributed by atoms with Crippen molar-refractivity contribution < 1.29 is 17.9 Å². The average Bonchev–Trinajstić information content (AvgIpc) is 3.02. The van der Waals surface area contributed by atoms with E-state index in [1.54, 1.807) is 55.6 Å². The van der Waals surface area contributed by atoms with E-state index in [4.69, 9.17) is 4.74 Å². The van der Waals surface area contributed by atoms with Gasteiger partial charge in [-0.15, -0.1) is 11.3 Å². The van der Waals surface area contributed by atoms with E-state index in [1.807, 2.05) is 0 Å². The van der Waals surface area contributed by atoms with Crippen molar-refractivity contribution in [2.75, 3.05) is 6.61 Å². The number of sulfonamides is 1. The molecular formula is C17H16N2O4S2. The highest BCUT2D eigenvalue weighted by molar-refractivity contribution is 7.90. The Labute approximate surface area is 149 Å². The number of carbonyl (C=O) groups is 1. The van der Waals surface area contributed by atoms with Gasteiger partial charge in [0, 0.05) is 16.3 Å². The fourth-order valence-electron chi connectivity index (χ4n) is 2.36. The van der Waals surface area contributed by atoms with Crippen LogP contribution in [0, 0.1) is 0 Å². The number of benzene rings is 1. The lowest BCUT2D eigenvalue weighted by molar-refractivity contribution is 0.0528. The van der Waals surface area contributed by atoms with E-state index >= 15 is 0 Å². The molecule has 2 aromatic heterocycles. The summed E-state index contributed by atoms with van der Waals surface area (Å²) < 4.78 is 34.0. The molecule has 3 aromatic rings. The highest BCUT2D eigenvalue weighted by Gasteiger charge is 2.29. The van der Waals surface area contributed by atoms with Gasteiger partial charge in [-0.2, -0.15) is 0 Å². The summed E-state index contributed by atoms with van der Waals surface area (Å²) in [5, 5.41) is 0.504. The van der Waals surface area contributed by atoms with Crippen molar-refractivity contribution in [2.45, 2.75) is 18.4 Å². The van der Waals surface area contributed by atoms with E-state index in [9.17, 15) is 13.2 Å². The molecule has 0 bridgehead atoms. The molecule has 130 valence electrons. The summed E-state index contributed by atoms with van der Waals surface area (Å²) >= 11 is 1.11. The van der Waals surface area contributed by atoms with Gasteiger partial charge in [0.1, 0.15) is 9.77 Å². The first-order chi connectivity index (χ1) is 12.0. The van der Waals surface area contributed by atoms with Gasteiger partial charge < -0.3 is 4.74 Å². The van der Waals surface area contributed by atoms with Gasteiger partial charge in [0.15, 0.2) is 0 Å². The zero-order valence-corrected chi connectivity index (χ0v) is 15.1. The van der Waals surface area contributed by atoms with Gasteiger partial charge in [-0.3, -0.25) is 4.98 Å². The van der Waals surface area contributed by atoms with Crippen LogP contribution in [0.3, 0.4) is 0 Å². The molecule has 1 N–H and O–H groups in total. The average molecular weight is 376 g/mol. The maximum absolute atomic E-state index is 12.9. The number of ether oxygens (including phenoxy) is 1. The number of rotatable bonds is 6. The van der Waals surface area contributed by atoms with E-state index in [-0.39, 0.29) is 22.9 Å². The second kappa shape index (κ2) is 7.30. The third-order valence-electron chi connectivity index (χ3n) is 3.45. The molecule has 0 radical (unpaired) electrons. The summed E-state index contributed by atoms with van der Waals surface area (Å²) in [5.41, 5.74) is 0.586. The molecule has 0 saturated carbocycles. The molecule has 0 fully saturated rings. The molecule has 0 aliphatic heterocycles. The quantitative estimate of drug-likeness (QED) is 0.669. The third-order valence-corrected chi connectivity index (χ3v) is 6.21. The molecule has 1 aromatic carbocycles. The minimum Gasteiger partial charge on any atom is -0.462 e. The van der Waals surface area contributed by atoms with Crippen LogP contribution in [0.5, 0.6) is 0 Å². The Kier molecular flexibility index (Phi) is 5.12. The van der Waals surface area contributed by atoms with Crippen molar-refractivity contribution >= 4 is 37.4 Å². The molecule has 3 rings (SSSR count). The Morgan fingerprint density at radius 1 is 1.20 bits per heavy atom. The fraction of sp³-hybridized carbons (Fsp3) is 0.176. The van der Waals surface area contributed by atoms with Crippen molar-refractivity contribution in [2.24, 2.45) is 0 Å². The Balaban J connectivity index is 2.03. The Morgan fingerprint density at radius 2 is 1.96 bits per heavy atom. The zero-order chi connectivity index (χ0) is 17.9. The molecule has 25 heavy (non-hydrogen) atoms. The lowest BCUT2D eigenvalue weighted by Gasteiger charge is -2.08. The van der Waals surface area contributed by atoms with Gasteiger partial charge in [0.05, 0.1) is 18.8 Å². The van der Waals surface area contributed by atoms with E-state index in [2.05, 4.69) is 9.71 Å². The molecule has 0 spiro atoms. The van der Waals surface area contributed by atoms with Crippen LogP contribution in [0.25, 0.3) is 10.1 Å². The second-order valence-electron chi connectivity index (χ2n) is 5.12. The molecule has 0 unspecified atom stereocenters. The number of hydrogen-bond acceptors (Lipinski definition) is 6. The molecule has 0 aliphatic rings. The van der Waals surface area contributed by atoms with E-state index in [0.717, 1.165) is 11.3 Å². The van der Waals surface area contributed by atoms with Gasteiger partial charge in [-0.1, -0.05) is 24.3 Å². The molecule has 0 amide bonds. The summed E-state index contributed by atoms with van der Waals surface area (Å²) in [6.07, 6.45) is 1.59. The number of carbonyl (C=O) groups excluding carboxylic acids is 1. The minimum atomic E-state index is -3.92. The summed E-state index contributed by atoms with van der Waals surface area (Å²) in [5.74, 6) is -0.637. The van der Waals surface area contributed by atoms with E-state index < -0.39 is 16.0 Å². The number of nitrogens with zero attached hydrogens (tertiary/aromatic N) is 1. The zero-order valence-electron chi connectivity index (χ0n) is 13.4. The molecule has 0 atom stereocenters. The lowest BCUT2D eigenvalue weighted by atomic mass is 10.2. The van der Waals surface area contributed by atoms with E-state index in [0.29, 0.717) is 15.8 Å². The predicted molar refractivity (Wildman–Crippen MR) is 96.0 cm³/mol. The Hall–Kier alpha value is -2.29. The van der Waals surface area contributed by atoms with Crippen LogP contribution < -0.4 is 4.72 Å². The van der Waals surface area contributed by atoms with Crippen LogP contribution in [0.2, 0.25) is 0 Å². The summed E-state index contributed by atoms with van der Waals surface area (Å²) in [4.78, 5) is 16.4. The minimum absolute atomic E-state index is 0.0373. The fourth-order valence-corrected chi connectivity index (χ4v) is 5.15. The normalized spacial score (nSPS) is 11.6. The second-order valence-corrected chi connectivity index (χ2v) is 7.88. The smallest absolute Gasteiger partial charge is 0.349 e. The molecular weight excluding hydrogens is 360 g/mol. The first-order valence-electron chi connectivity index (χ1n) is 7.61. The lowest BCUT2D eigenvalue weighted by Crippen LogP contribution is -2.25. The van der Waals surface area contributed by atoms with Crippen molar-refractivity contribution in [3.05, 3.63) is 59.2 Å². The van der Waals surface area contributed by atoms with E-state index in [1.165, 1.54) is 0 Å². The van der Waals surface area contributed by atoms with Crippen LogP contribution in [0.4, 0.5) is 0 Å². The predicted octanol–water partition coefficient (Wildman–Crippen LogP) is 2.95. The highest BCUT2D eigenvalue weighted by Crippen LogP contribution is 2.35. The first kappa shape index (κ1) is 17.5. The highest BCUT2D eigenvalue weighted by atomic mass is 32.2. The number of thiophene rings is 1. The third kappa shape index (κ3) is 3.71. The Morgan fingerprint density at radius 3 is 2.68 bits per heavy atom. The van der Waals surface area contributed by atoms with Gasteiger partial charge in [0.2, 0.25) is 10.0 Å². The number of fused-ring (bicyclic) bond motifs is 1. The first-order valence-corrected chi connectivity index (χ1v) is 9.91. The van der Waals surface area contributed by atoms with Crippen molar-refractivity contribution in [3.8, 4) is 0 Å². The molecule has 0 aliphatic carbocycles. The van der Waals surface area contributed by atoms with Gasteiger partial charge >= 0.3 is 5.97 Å². The number of pyridine rings is 1. The van der Waals surface area contributed by atoms with Crippen LogP contribution >= 0.6 is 11.3 Å². The summed E-state index contributed by atoms with van der Waals surface area (Å²) in [6.45, 7) is 1.89. The van der Waals surface area contributed by atoms with Gasteiger partial charge in [0.25, 0.3) is 0 Å². The van der Waals surface area contributed by atoms with Crippen LogP contribution in [0.15, 0.2) is 53.6 Å². The van der Waals surface area contributed by atoms with Crippen molar-refractivity contribution in [1.82, 2.24) is 9.71 Å². The number of hydrogen-bond donors (Lipinski definition) is 1. The number of nitrogens with one attached hydrogen (secondary N) is 1. The molecule has 2 heterocycles. The maximum atomic E-state index is 12.9. The SMILES string of the molecule is CCOC(=O)c1sc2ccccc2c1S(=O)(=O)NCc1ccccn1. The summed E-state index contributed by atoms with van der Waals surface area (Å²) in [7, 11) is -3.92. The van der Waals surface area contributed by atoms with Gasteiger partial charge in [-0.25, -0.2) is 17.9 Å².